The lowest BCUT2D eigenvalue weighted by Crippen LogP contribution is -2.40. The number of alkyl halides is 2. The van der Waals surface area contributed by atoms with Gasteiger partial charge in [0.15, 0.2) is 10.8 Å². The van der Waals surface area contributed by atoms with E-state index in [1.807, 2.05) is 0 Å². The van der Waals surface area contributed by atoms with Crippen molar-refractivity contribution in [2.45, 2.75) is 45.1 Å². The molecule has 4 rings (SSSR count). The Morgan fingerprint density at radius 1 is 1.42 bits per heavy atom. The molecule has 1 fully saturated rings. The van der Waals surface area contributed by atoms with Crippen LogP contribution in [0.2, 0.25) is 5.02 Å². The van der Waals surface area contributed by atoms with E-state index in [0.717, 1.165) is 12.3 Å². The Labute approximate surface area is 254 Å². The van der Waals surface area contributed by atoms with Crippen molar-refractivity contribution < 1.29 is 32.2 Å². The third-order valence-corrected chi connectivity index (χ3v) is 7.06. The maximum absolute atomic E-state index is 14.0. The summed E-state index contributed by atoms with van der Waals surface area (Å²) in [6, 6.07) is 2.82. The minimum Gasteiger partial charge on any atom is -0.444 e. The quantitative estimate of drug-likeness (QED) is 0.265. The van der Waals surface area contributed by atoms with Crippen LogP contribution in [0.3, 0.4) is 0 Å². The number of thiazole rings is 1. The molecule has 0 aliphatic carbocycles. The summed E-state index contributed by atoms with van der Waals surface area (Å²) in [5.74, 6) is -0.250. The molecule has 43 heavy (non-hydrogen) atoms. The number of ether oxygens (including phenoxy) is 2. The zero-order valence-corrected chi connectivity index (χ0v) is 24.9. The Kier molecular flexibility index (Phi) is 9.96. The molecule has 2 aliphatic heterocycles. The second kappa shape index (κ2) is 13.5. The number of cyclic esters (lactones) is 1. The van der Waals surface area contributed by atoms with Gasteiger partial charge in [0.05, 0.1) is 19.6 Å². The molecule has 1 aromatic carbocycles. The Hall–Kier alpha value is -4.11. The number of carbonyl (C=O) groups excluding carboxylic acids is 2. The van der Waals surface area contributed by atoms with Gasteiger partial charge < -0.3 is 25.8 Å². The van der Waals surface area contributed by atoms with Gasteiger partial charge in [-0.1, -0.05) is 17.7 Å². The van der Waals surface area contributed by atoms with Gasteiger partial charge >= 0.3 is 18.7 Å². The molecule has 0 unspecified atom stereocenters. The second-order valence-corrected chi connectivity index (χ2v) is 11.7. The van der Waals surface area contributed by atoms with Crippen molar-refractivity contribution in [1.29, 1.82) is 0 Å². The van der Waals surface area contributed by atoms with Gasteiger partial charge in [0.1, 0.15) is 23.6 Å². The molecule has 16 heteroatoms. The number of aromatic nitrogens is 1. The normalized spacial score (nSPS) is 19.5. The number of amides is 2. The molecule has 0 saturated carbocycles. The average molecular weight is 640 g/mol. The third kappa shape index (κ3) is 8.47. The highest BCUT2D eigenvalue weighted by Crippen LogP contribution is 2.38. The van der Waals surface area contributed by atoms with Crippen LogP contribution in [0.5, 0.6) is 0 Å². The molecule has 2 amide bonds. The van der Waals surface area contributed by atoms with Crippen LogP contribution in [0.1, 0.15) is 37.4 Å². The summed E-state index contributed by atoms with van der Waals surface area (Å²) in [6.45, 7) is 2.23. The molecule has 4 N–H and O–H groups in total. The lowest BCUT2D eigenvalue weighted by atomic mass is 9.92. The van der Waals surface area contributed by atoms with Crippen molar-refractivity contribution in [2.24, 2.45) is 15.7 Å². The number of nitrogens with one attached hydrogen (secondary N) is 2. The maximum Gasteiger partial charge on any atom is 0.410 e. The maximum atomic E-state index is 14.0. The molecule has 2 aliphatic rings. The largest absolute Gasteiger partial charge is 0.444 e. The van der Waals surface area contributed by atoms with Crippen molar-refractivity contribution in [3.63, 3.8) is 0 Å². The number of benzene rings is 1. The monoisotopic (exact) mass is 639 g/mol. The predicted octanol–water partition coefficient (Wildman–Crippen LogP) is 4.76. The Bertz CT molecular complexity index is 1480. The van der Waals surface area contributed by atoms with E-state index in [4.69, 9.17) is 31.8 Å². The van der Waals surface area contributed by atoms with E-state index >= 15 is 0 Å². The molecule has 1 aromatic heterocycles. The number of nitrogens with two attached hydrogens (primary N) is 1. The Balaban J connectivity index is 1.69. The van der Waals surface area contributed by atoms with Crippen LogP contribution < -0.4 is 16.4 Å². The molecule has 1 saturated heterocycles. The van der Waals surface area contributed by atoms with E-state index < -0.39 is 42.3 Å². The SMILES string of the molecule is CC(C)(C)OC(=O)NC[C@@H]1CN(CC2=C(C(N)=CC=NC(F)F)[C@H](c3ccc(F)cc3Cl)N=C(c3nccs3)N2)C(=O)O1. The number of hydrogen-bond donors (Lipinski definition) is 3. The summed E-state index contributed by atoms with van der Waals surface area (Å²) in [4.78, 5) is 38.4. The fourth-order valence-electron chi connectivity index (χ4n) is 4.25. The molecular weight excluding hydrogens is 611 g/mol. The van der Waals surface area contributed by atoms with Crippen molar-refractivity contribution >= 4 is 47.2 Å². The summed E-state index contributed by atoms with van der Waals surface area (Å²) in [5, 5.41) is 8.04. The van der Waals surface area contributed by atoms with Crippen LogP contribution in [-0.4, -0.2) is 72.0 Å². The van der Waals surface area contributed by atoms with Gasteiger partial charge in [-0.2, -0.15) is 8.78 Å². The first kappa shape index (κ1) is 31.8. The molecular formula is C27H29ClF3N7O4S. The minimum absolute atomic E-state index is 0.00224. The van der Waals surface area contributed by atoms with E-state index in [0.29, 0.717) is 22.1 Å². The first-order chi connectivity index (χ1) is 20.3. The van der Waals surface area contributed by atoms with Crippen molar-refractivity contribution in [2.75, 3.05) is 19.6 Å². The third-order valence-electron chi connectivity index (χ3n) is 5.95. The zero-order valence-electron chi connectivity index (χ0n) is 23.3. The van der Waals surface area contributed by atoms with E-state index in [2.05, 4.69) is 20.6 Å². The number of allylic oxidation sites excluding steroid dienone is 1. The average Bonchev–Trinajstić information content (AvgIpc) is 3.56. The van der Waals surface area contributed by atoms with Crippen molar-refractivity contribution in [3.8, 4) is 0 Å². The number of carbonyl (C=O) groups is 2. The van der Waals surface area contributed by atoms with Crippen molar-refractivity contribution in [1.82, 2.24) is 20.5 Å². The molecule has 11 nitrogen and oxygen atoms in total. The first-order valence-electron chi connectivity index (χ1n) is 12.9. The van der Waals surface area contributed by atoms with Crippen LogP contribution in [0.15, 0.2) is 62.8 Å². The van der Waals surface area contributed by atoms with Crippen LogP contribution in [0.4, 0.5) is 22.8 Å². The number of nitrogens with zero attached hydrogens (tertiary/aromatic N) is 4. The lowest BCUT2D eigenvalue weighted by molar-refractivity contribution is 0.0496. The lowest BCUT2D eigenvalue weighted by Gasteiger charge is -2.30. The highest BCUT2D eigenvalue weighted by Gasteiger charge is 2.36. The number of rotatable bonds is 9. The van der Waals surface area contributed by atoms with Crippen LogP contribution in [0.25, 0.3) is 0 Å². The van der Waals surface area contributed by atoms with Gasteiger partial charge in [0, 0.05) is 45.3 Å². The molecule has 3 heterocycles. The number of halogens is 4. The second-order valence-electron chi connectivity index (χ2n) is 10.4. The molecule has 0 radical (unpaired) electrons. The van der Waals surface area contributed by atoms with Gasteiger partial charge in [-0.15, -0.1) is 11.3 Å². The molecule has 0 spiro atoms. The smallest absolute Gasteiger partial charge is 0.410 e. The van der Waals surface area contributed by atoms with Crippen LogP contribution in [0, 0.1) is 5.82 Å². The van der Waals surface area contributed by atoms with Gasteiger partial charge in [0.2, 0.25) is 0 Å². The van der Waals surface area contributed by atoms with Crippen LogP contribution >= 0.6 is 22.9 Å². The van der Waals surface area contributed by atoms with Gasteiger partial charge in [-0.25, -0.2) is 24.0 Å². The highest BCUT2D eigenvalue weighted by atomic mass is 35.5. The summed E-state index contributed by atoms with van der Waals surface area (Å²) >= 11 is 7.72. The number of hydrogen-bond acceptors (Lipinski definition) is 10. The van der Waals surface area contributed by atoms with E-state index in [1.54, 1.807) is 32.3 Å². The summed E-state index contributed by atoms with van der Waals surface area (Å²) < 4.78 is 50.1. The summed E-state index contributed by atoms with van der Waals surface area (Å²) in [5.41, 5.74) is 6.71. The van der Waals surface area contributed by atoms with Gasteiger partial charge in [-0.05, 0) is 39.0 Å². The zero-order chi connectivity index (χ0) is 31.3. The topological polar surface area (TPSA) is 144 Å². The summed E-state index contributed by atoms with van der Waals surface area (Å²) in [6.07, 6.45) is 1.60. The predicted molar refractivity (Wildman–Crippen MR) is 156 cm³/mol. The first-order valence-corrected chi connectivity index (χ1v) is 14.2. The van der Waals surface area contributed by atoms with E-state index in [9.17, 15) is 22.8 Å². The number of alkyl carbamates (subject to hydrolysis) is 1. The molecule has 0 bridgehead atoms. The number of amidine groups is 1. The Morgan fingerprint density at radius 3 is 2.84 bits per heavy atom. The van der Waals surface area contributed by atoms with E-state index in [-0.39, 0.29) is 35.9 Å². The molecule has 2 aromatic rings. The van der Waals surface area contributed by atoms with Gasteiger partial charge in [0.25, 0.3) is 0 Å². The standard InChI is InChI=1S/C27H29ClF3N7O4S/c1-27(2,3)42-25(39)35-11-15-12-38(26(40)41-15)13-19-20(18(32)6-7-34-24(30)31)21(16-5-4-14(29)10-17(16)28)37-22(36-19)23-33-8-9-43-23/h4-10,15,21,24H,11-13,32H2,1-3H3,(H,35,39)(H,36,37)/t15-,21+/m1/s1. The fraction of sp³-hybridized carbons (Fsp3) is 0.370. The van der Waals surface area contributed by atoms with Crippen molar-refractivity contribution in [3.05, 3.63) is 74.2 Å². The van der Waals surface area contributed by atoms with Crippen LogP contribution in [-0.2, 0) is 9.47 Å². The fourth-order valence-corrected chi connectivity index (χ4v) is 5.10. The Morgan fingerprint density at radius 2 is 2.19 bits per heavy atom. The van der Waals surface area contributed by atoms with E-state index in [1.165, 1.54) is 34.4 Å². The summed E-state index contributed by atoms with van der Waals surface area (Å²) in [7, 11) is 0. The molecule has 2 atom stereocenters. The highest BCUT2D eigenvalue weighted by molar-refractivity contribution is 7.11. The minimum atomic E-state index is -2.95. The molecule has 230 valence electrons. The number of aliphatic imine (C=N–C) groups is 2. The van der Waals surface area contributed by atoms with Gasteiger partial charge in [-0.3, -0.25) is 9.89 Å².